The third-order valence-corrected chi connectivity index (χ3v) is 3.38. The summed E-state index contributed by atoms with van der Waals surface area (Å²) in [6.45, 7) is 1.87. The Kier molecular flexibility index (Phi) is 3.73. The Morgan fingerprint density at radius 1 is 1.30 bits per heavy atom. The Bertz CT molecular complexity index is 576. The van der Waals surface area contributed by atoms with Gasteiger partial charge >= 0.3 is 0 Å². The molecule has 0 aromatic carbocycles. The van der Waals surface area contributed by atoms with Gasteiger partial charge in [-0.2, -0.15) is 0 Å². The summed E-state index contributed by atoms with van der Waals surface area (Å²) in [6, 6.07) is 5.50. The van der Waals surface area contributed by atoms with Gasteiger partial charge in [0.05, 0.1) is 0 Å². The summed E-state index contributed by atoms with van der Waals surface area (Å²) in [7, 11) is 0. The molecule has 1 amide bonds. The van der Waals surface area contributed by atoms with E-state index in [2.05, 4.69) is 20.8 Å². The van der Waals surface area contributed by atoms with Crippen LogP contribution in [0.3, 0.4) is 0 Å². The minimum atomic E-state index is -0.180. The first-order valence-corrected chi connectivity index (χ1v) is 6.71. The molecule has 1 aliphatic rings. The second-order valence-corrected chi connectivity index (χ2v) is 4.81. The number of nitrogens with zero attached hydrogens (tertiary/aromatic N) is 2. The number of hydrogen-bond acceptors (Lipinski definition) is 5. The highest BCUT2D eigenvalue weighted by Gasteiger charge is 2.19. The molecule has 1 aliphatic heterocycles. The number of nitrogens with one attached hydrogen (secondary N) is 2. The van der Waals surface area contributed by atoms with Crippen molar-refractivity contribution in [2.45, 2.75) is 18.9 Å². The van der Waals surface area contributed by atoms with Crippen LogP contribution in [0.1, 0.15) is 23.3 Å². The van der Waals surface area contributed by atoms with Crippen LogP contribution in [0.5, 0.6) is 0 Å². The van der Waals surface area contributed by atoms with Crippen molar-refractivity contribution in [3.8, 4) is 11.3 Å². The molecular formula is C14H16N4O2. The molecule has 20 heavy (non-hydrogen) atoms. The molecule has 6 nitrogen and oxygen atoms in total. The van der Waals surface area contributed by atoms with E-state index in [1.165, 1.54) is 0 Å². The molecule has 0 saturated carbocycles. The largest absolute Gasteiger partial charge is 0.355 e. The third-order valence-electron chi connectivity index (χ3n) is 3.38. The first-order valence-electron chi connectivity index (χ1n) is 6.71. The van der Waals surface area contributed by atoms with E-state index in [0.717, 1.165) is 31.5 Å². The zero-order chi connectivity index (χ0) is 13.8. The number of carbonyl (C=O) groups excluding carboxylic acids is 1. The van der Waals surface area contributed by atoms with Crippen molar-refractivity contribution in [3.05, 3.63) is 36.3 Å². The summed E-state index contributed by atoms with van der Waals surface area (Å²) in [5, 5.41) is 10.1. The lowest BCUT2D eigenvalue weighted by Crippen LogP contribution is -2.42. The summed E-state index contributed by atoms with van der Waals surface area (Å²) in [5.41, 5.74) is 1.17. The molecule has 3 rings (SSSR count). The maximum atomic E-state index is 12.1. The van der Waals surface area contributed by atoms with Gasteiger partial charge in [0.1, 0.15) is 0 Å². The average molecular weight is 272 g/mol. The lowest BCUT2D eigenvalue weighted by Gasteiger charge is -2.23. The number of pyridine rings is 1. The van der Waals surface area contributed by atoms with Gasteiger partial charge in [-0.05, 0) is 38.1 Å². The Morgan fingerprint density at radius 2 is 2.05 bits per heavy atom. The van der Waals surface area contributed by atoms with Crippen molar-refractivity contribution in [2.75, 3.05) is 13.1 Å². The van der Waals surface area contributed by atoms with Gasteiger partial charge in [-0.3, -0.25) is 9.78 Å². The molecule has 2 aromatic rings. The predicted octanol–water partition coefficient (Wildman–Crippen LogP) is 1.22. The zero-order valence-electron chi connectivity index (χ0n) is 11.0. The first-order chi connectivity index (χ1) is 9.83. The van der Waals surface area contributed by atoms with Gasteiger partial charge in [-0.25, -0.2) is 0 Å². The minimum absolute atomic E-state index is 0.180. The summed E-state index contributed by atoms with van der Waals surface area (Å²) >= 11 is 0. The van der Waals surface area contributed by atoms with Crippen LogP contribution in [0.2, 0.25) is 0 Å². The van der Waals surface area contributed by atoms with Crippen LogP contribution in [0, 0.1) is 0 Å². The SMILES string of the molecule is O=C(NC1CCNCC1)c1cc(-c2ccncc2)on1. The van der Waals surface area contributed by atoms with E-state index in [-0.39, 0.29) is 11.9 Å². The van der Waals surface area contributed by atoms with E-state index in [1.807, 2.05) is 12.1 Å². The highest BCUT2D eigenvalue weighted by molar-refractivity contribution is 5.93. The van der Waals surface area contributed by atoms with Crippen LogP contribution in [-0.4, -0.2) is 35.2 Å². The van der Waals surface area contributed by atoms with Gasteiger partial charge in [-0.15, -0.1) is 0 Å². The predicted molar refractivity (Wildman–Crippen MR) is 73.1 cm³/mol. The highest BCUT2D eigenvalue weighted by atomic mass is 16.5. The lowest BCUT2D eigenvalue weighted by molar-refractivity contribution is 0.0920. The Hall–Kier alpha value is -2.21. The molecule has 1 saturated heterocycles. The fourth-order valence-corrected chi connectivity index (χ4v) is 2.26. The number of rotatable bonds is 3. The van der Waals surface area contributed by atoms with Crippen molar-refractivity contribution < 1.29 is 9.32 Å². The number of hydrogen-bond donors (Lipinski definition) is 2. The minimum Gasteiger partial charge on any atom is -0.355 e. The highest BCUT2D eigenvalue weighted by Crippen LogP contribution is 2.19. The Labute approximate surface area is 116 Å². The van der Waals surface area contributed by atoms with E-state index < -0.39 is 0 Å². The van der Waals surface area contributed by atoms with Gasteiger partial charge in [0.2, 0.25) is 0 Å². The maximum absolute atomic E-state index is 12.1. The molecule has 3 heterocycles. The number of carbonyl (C=O) groups is 1. The summed E-state index contributed by atoms with van der Waals surface area (Å²) < 4.78 is 5.21. The smallest absolute Gasteiger partial charge is 0.273 e. The maximum Gasteiger partial charge on any atom is 0.273 e. The van der Waals surface area contributed by atoms with Gasteiger partial charge in [-0.1, -0.05) is 5.16 Å². The lowest BCUT2D eigenvalue weighted by atomic mass is 10.1. The molecular weight excluding hydrogens is 256 g/mol. The van der Waals surface area contributed by atoms with Crippen molar-refractivity contribution in [1.29, 1.82) is 0 Å². The summed E-state index contributed by atoms with van der Waals surface area (Å²) in [6.07, 6.45) is 5.24. The molecule has 1 fully saturated rings. The van der Waals surface area contributed by atoms with Crippen molar-refractivity contribution in [3.63, 3.8) is 0 Å². The molecule has 2 N–H and O–H groups in total. The summed E-state index contributed by atoms with van der Waals surface area (Å²) in [5.74, 6) is 0.392. The second kappa shape index (κ2) is 5.83. The van der Waals surface area contributed by atoms with E-state index in [0.29, 0.717) is 11.5 Å². The third kappa shape index (κ3) is 2.85. The molecule has 2 aromatic heterocycles. The molecule has 0 spiro atoms. The first kappa shape index (κ1) is 12.8. The van der Waals surface area contributed by atoms with Gasteiger partial charge in [0, 0.05) is 30.1 Å². The number of amides is 1. The fraction of sp³-hybridized carbons (Fsp3) is 0.357. The molecule has 0 bridgehead atoms. The normalized spacial score (nSPS) is 16.0. The van der Waals surface area contributed by atoms with Crippen LogP contribution in [0.4, 0.5) is 0 Å². The van der Waals surface area contributed by atoms with E-state index >= 15 is 0 Å². The van der Waals surface area contributed by atoms with Gasteiger partial charge in [0.25, 0.3) is 5.91 Å². The Morgan fingerprint density at radius 3 is 2.80 bits per heavy atom. The molecule has 0 atom stereocenters. The molecule has 104 valence electrons. The van der Waals surface area contributed by atoms with Crippen LogP contribution in [0.15, 0.2) is 35.1 Å². The van der Waals surface area contributed by atoms with Crippen LogP contribution < -0.4 is 10.6 Å². The van der Waals surface area contributed by atoms with Crippen molar-refractivity contribution in [1.82, 2.24) is 20.8 Å². The van der Waals surface area contributed by atoms with Crippen molar-refractivity contribution in [2.24, 2.45) is 0 Å². The van der Waals surface area contributed by atoms with E-state index in [1.54, 1.807) is 18.5 Å². The summed E-state index contributed by atoms with van der Waals surface area (Å²) in [4.78, 5) is 16.0. The number of aromatic nitrogens is 2. The molecule has 0 unspecified atom stereocenters. The van der Waals surface area contributed by atoms with Gasteiger partial charge < -0.3 is 15.2 Å². The fourth-order valence-electron chi connectivity index (χ4n) is 2.26. The number of piperidine rings is 1. The standard InChI is InChI=1S/C14H16N4O2/c19-14(17-11-3-7-16-8-4-11)12-9-13(20-18-12)10-1-5-15-6-2-10/h1-2,5-6,9,11,16H,3-4,7-8H2,(H,17,19). The van der Waals surface area contributed by atoms with E-state index in [4.69, 9.17) is 4.52 Å². The second-order valence-electron chi connectivity index (χ2n) is 4.81. The average Bonchev–Trinajstić information content (AvgIpc) is 2.99. The van der Waals surface area contributed by atoms with Crippen LogP contribution >= 0.6 is 0 Å². The molecule has 0 aliphatic carbocycles. The van der Waals surface area contributed by atoms with Crippen molar-refractivity contribution >= 4 is 5.91 Å². The zero-order valence-corrected chi connectivity index (χ0v) is 11.0. The van der Waals surface area contributed by atoms with Gasteiger partial charge in [0.15, 0.2) is 11.5 Å². The molecule has 6 heteroatoms. The van der Waals surface area contributed by atoms with Crippen LogP contribution in [0.25, 0.3) is 11.3 Å². The quantitative estimate of drug-likeness (QED) is 0.878. The molecule has 0 radical (unpaired) electrons. The monoisotopic (exact) mass is 272 g/mol. The topological polar surface area (TPSA) is 80.0 Å². The Balaban J connectivity index is 1.68. The van der Waals surface area contributed by atoms with Crippen LogP contribution in [-0.2, 0) is 0 Å². The van der Waals surface area contributed by atoms with E-state index in [9.17, 15) is 4.79 Å².